The van der Waals surface area contributed by atoms with Crippen LogP contribution in [-0.4, -0.2) is 20.7 Å². The number of pyridine rings is 1. The zero-order chi connectivity index (χ0) is 23.5. The summed E-state index contributed by atoms with van der Waals surface area (Å²) in [5, 5.41) is 9.46. The fourth-order valence-electron chi connectivity index (χ4n) is 2.74. The first-order chi connectivity index (χ1) is 15.0. The van der Waals surface area contributed by atoms with Gasteiger partial charge in [0.15, 0.2) is 5.82 Å². The molecule has 2 aromatic heterocycles. The molecule has 0 unspecified atom stereocenters. The van der Waals surface area contributed by atoms with Crippen LogP contribution in [0.1, 0.15) is 25.8 Å². The van der Waals surface area contributed by atoms with Crippen LogP contribution in [0, 0.1) is 5.92 Å². The molecule has 2 heterocycles. The molecule has 0 atom stereocenters. The molecule has 168 valence electrons. The van der Waals surface area contributed by atoms with Gasteiger partial charge in [-0.2, -0.15) is 23.0 Å². The Kier molecular flexibility index (Phi) is 6.83. The summed E-state index contributed by atoms with van der Waals surface area (Å²) >= 11 is 6.15. The van der Waals surface area contributed by atoms with Gasteiger partial charge in [-0.25, -0.2) is 4.98 Å². The number of benzene rings is 1. The van der Waals surface area contributed by atoms with Crippen molar-refractivity contribution >= 4 is 34.6 Å². The van der Waals surface area contributed by atoms with E-state index in [0.717, 1.165) is 16.8 Å². The van der Waals surface area contributed by atoms with Crippen molar-refractivity contribution in [3.8, 4) is 5.82 Å². The van der Waals surface area contributed by atoms with E-state index in [1.54, 1.807) is 24.3 Å². The van der Waals surface area contributed by atoms with Gasteiger partial charge in [-0.05, 0) is 42.3 Å². The minimum atomic E-state index is -4.54. The van der Waals surface area contributed by atoms with E-state index in [0.29, 0.717) is 24.0 Å². The standard InChI is InChI=1S/C21H19ClF3N5O2/c1-12(2)9-18(31)29-15-6-4-14(5-7-15)28-16-11-27-30(20(32)19(16)22)17-8-3-13(10-26-17)21(23,24)25/h3-8,10-12,28H,9H2,1-2H3,(H,29,31). The zero-order valence-corrected chi connectivity index (χ0v) is 17.8. The van der Waals surface area contributed by atoms with Gasteiger partial charge >= 0.3 is 6.18 Å². The van der Waals surface area contributed by atoms with Crippen LogP contribution in [0.4, 0.5) is 30.2 Å². The molecule has 2 N–H and O–H groups in total. The Labute approximate surface area is 186 Å². The van der Waals surface area contributed by atoms with Gasteiger partial charge in [-0.1, -0.05) is 25.4 Å². The molecule has 3 aromatic rings. The van der Waals surface area contributed by atoms with E-state index >= 15 is 0 Å². The number of carbonyl (C=O) groups is 1. The highest BCUT2D eigenvalue weighted by atomic mass is 35.5. The molecule has 0 spiro atoms. The van der Waals surface area contributed by atoms with E-state index in [1.165, 1.54) is 6.20 Å². The lowest BCUT2D eigenvalue weighted by atomic mass is 10.1. The maximum Gasteiger partial charge on any atom is 0.417 e. The molecule has 0 aliphatic heterocycles. The molecule has 1 amide bonds. The lowest BCUT2D eigenvalue weighted by Gasteiger charge is -2.12. The predicted molar refractivity (Wildman–Crippen MR) is 115 cm³/mol. The van der Waals surface area contributed by atoms with Gasteiger partial charge in [0.25, 0.3) is 5.56 Å². The second kappa shape index (κ2) is 9.39. The molecule has 0 aliphatic rings. The monoisotopic (exact) mass is 465 g/mol. The Bertz CT molecular complexity index is 1160. The van der Waals surface area contributed by atoms with Crippen LogP contribution in [0.15, 0.2) is 53.6 Å². The summed E-state index contributed by atoms with van der Waals surface area (Å²) in [6.07, 6.45) is -2.25. The van der Waals surface area contributed by atoms with Crippen LogP contribution in [0.2, 0.25) is 5.02 Å². The van der Waals surface area contributed by atoms with Crippen molar-refractivity contribution in [2.75, 3.05) is 10.6 Å². The predicted octanol–water partition coefficient (Wildman–Crippen LogP) is 5.03. The van der Waals surface area contributed by atoms with Crippen LogP contribution in [-0.2, 0) is 11.0 Å². The smallest absolute Gasteiger partial charge is 0.353 e. The quantitative estimate of drug-likeness (QED) is 0.533. The first-order valence-electron chi connectivity index (χ1n) is 9.53. The first-order valence-corrected chi connectivity index (χ1v) is 9.91. The summed E-state index contributed by atoms with van der Waals surface area (Å²) in [4.78, 5) is 28.0. The molecule has 0 bridgehead atoms. The maximum absolute atomic E-state index is 12.7. The van der Waals surface area contributed by atoms with E-state index in [4.69, 9.17) is 11.6 Å². The highest BCUT2D eigenvalue weighted by molar-refractivity contribution is 6.33. The van der Waals surface area contributed by atoms with Crippen molar-refractivity contribution in [3.63, 3.8) is 0 Å². The van der Waals surface area contributed by atoms with E-state index in [-0.39, 0.29) is 28.4 Å². The van der Waals surface area contributed by atoms with Gasteiger partial charge in [-0.15, -0.1) is 0 Å². The number of alkyl halides is 3. The zero-order valence-electron chi connectivity index (χ0n) is 17.1. The fraction of sp³-hybridized carbons (Fsp3) is 0.238. The van der Waals surface area contributed by atoms with Gasteiger partial charge in [0, 0.05) is 24.0 Å². The molecule has 0 fully saturated rings. The lowest BCUT2D eigenvalue weighted by Crippen LogP contribution is -2.23. The average molecular weight is 466 g/mol. The minimum absolute atomic E-state index is 0.0894. The molecular formula is C21H19ClF3N5O2. The van der Waals surface area contributed by atoms with Gasteiger partial charge in [0.2, 0.25) is 5.91 Å². The van der Waals surface area contributed by atoms with Crippen molar-refractivity contribution < 1.29 is 18.0 Å². The van der Waals surface area contributed by atoms with Crippen molar-refractivity contribution in [2.24, 2.45) is 5.92 Å². The third-order valence-electron chi connectivity index (χ3n) is 4.25. The van der Waals surface area contributed by atoms with Gasteiger partial charge in [0.1, 0.15) is 5.02 Å². The molecule has 0 saturated heterocycles. The van der Waals surface area contributed by atoms with Crippen molar-refractivity contribution in [1.82, 2.24) is 14.8 Å². The maximum atomic E-state index is 12.7. The number of anilines is 3. The van der Waals surface area contributed by atoms with Crippen LogP contribution in [0.25, 0.3) is 5.82 Å². The van der Waals surface area contributed by atoms with E-state index in [9.17, 15) is 22.8 Å². The molecular weight excluding hydrogens is 447 g/mol. The molecule has 7 nitrogen and oxygen atoms in total. The molecule has 32 heavy (non-hydrogen) atoms. The van der Waals surface area contributed by atoms with Crippen LogP contribution in [0.3, 0.4) is 0 Å². The van der Waals surface area contributed by atoms with Crippen molar-refractivity contribution in [1.29, 1.82) is 0 Å². The molecule has 1 aromatic carbocycles. The topological polar surface area (TPSA) is 88.9 Å². The number of hydrogen-bond donors (Lipinski definition) is 2. The number of amides is 1. The highest BCUT2D eigenvalue weighted by Gasteiger charge is 2.30. The SMILES string of the molecule is CC(C)CC(=O)Nc1ccc(Nc2cnn(-c3ccc(C(F)(F)F)cn3)c(=O)c2Cl)cc1. The van der Waals surface area contributed by atoms with E-state index < -0.39 is 17.3 Å². The van der Waals surface area contributed by atoms with Crippen molar-refractivity contribution in [2.45, 2.75) is 26.4 Å². The second-order valence-corrected chi connectivity index (χ2v) is 7.72. The second-order valence-electron chi connectivity index (χ2n) is 7.34. The number of rotatable bonds is 6. The molecule has 0 radical (unpaired) electrons. The van der Waals surface area contributed by atoms with Crippen molar-refractivity contribution in [3.05, 3.63) is 69.7 Å². The summed E-state index contributed by atoms with van der Waals surface area (Å²) in [6, 6.07) is 8.59. The summed E-state index contributed by atoms with van der Waals surface area (Å²) in [5.41, 5.74) is -0.282. The first kappa shape index (κ1) is 23.3. The summed E-state index contributed by atoms with van der Waals surface area (Å²) in [7, 11) is 0. The highest BCUT2D eigenvalue weighted by Crippen LogP contribution is 2.29. The Morgan fingerprint density at radius 1 is 1.09 bits per heavy atom. The Hall–Kier alpha value is -3.40. The minimum Gasteiger partial charge on any atom is -0.353 e. The third-order valence-corrected chi connectivity index (χ3v) is 4.62. The normalized spacial score (nSPS) is 11.5. The summed E-state index contributed by atoms with van der Waals surface area (Å²) < 4.78 is 38.9. The van der Waals surface area contributed by atoms with Gasteiger partial charge in [0.05, 0.1) is 17.4 Å². The fourth-order valence-corrected chi connectivity index (χ4v) is 2.91. The average Bonchev–Trinajstić information content (AvgIpc) is 2.72. The number of nitrogens with zero attached hydrogens (tertiary/aromatic N) is 3. The summed E-state index contributed by atoms with van der Waals surface area (Å²) in [5.74, 6) is 0.0527. The Balaban J connectivity index is 1.76. The van der Waals surface area contributed by atoms with Crippen LogP contribution in [0.5, 0.6) is 0 Å². The lowest BCUT2D eigenvalue weighted by molar-refractivity contribution is -0.137. The summed E-state index contributed by atoms with van der Waals surface area (Å²) in [6.45, 7) is 3.90. The molecule has 3 rings (SSSR count). The number of hydrogen-bond acceptors (Lipinski definition) is 5. The molecule has 0 saturated carbocycles. The van der Waals surface area contributed by atoms with E-state index in [1.807, 2.05) is 13.8 Å². The van der Waals surface area contributed by atoms with Crippen LogP contribution >= 0.6 is 11.6 Å². The van der Waals surface area contributed by atoms with Crippen LogP contribution < -0.4 is 16.2 Å². The third kappa shape index (κ3) is 5.64. The Morgan fingerprint density at radius 2 is 1.75 bits per heavy atom. The number of carbonyl (C=O) groups excluding carboxylic acids is 1. The number of halogens is 4. The Morgan fingerprint density at radius 3 is 2.31 bits per heavy atom. The molecule has 11 heteroatoms. The largest absolute Gasteiger partial charge is 0.417 e. The molecule has 0 aliphatic carbocycles. The van der Waals surface area contributed by atoms with Gasteiger partial charge < -0.3 is 10.6 Å². The number of nitrogens with one attached hydrogen (secondary N) is 2. The van der Waals surface area contributed by atoms with E-state index in [2.05, 4.69) is 20.7 Å². The van der Waals surface area contributed by atoms with Gasteiger partial charge in [-0.3, -0.25) is 9.59 Å². The number of aromatic nitrogens is 3.